The van der Waals surface area contributed by atoms with Crippen LogP contribution in [0.15, 0.2) is 41.0 Å². The van der Waals surface area contributed by atoms with Gasteiger partial charge >= 0.3 is 0 Å². The number of anilines is 1. The number of aromatic amines is 1. The predicted octanol–water partition coefficient (Wildman–Crippen LogP) is 3.14. The van der Waals surface area contributed by atoms with E-state index < -0.39 is 0 Å². The van der Waals surface area contributed by atoms with E-state index in [9.17, 15) is 4.79 Å². The molecule has 0 saturated carbocycles. The van der Waals surface area contributed by atoms with Gasteiger partial charge in [0.2, 0.25) is 0 Å². The highest BCUT2D eigenvalue weighted by molar-refractivity contribution is 9.10. The largest absolute Gasteiger partial charge is 0.356 e. The maximum absolute atomic E-state index is 12.0. The topological polar surface area (TPSA) is 56.9 Å². The van der Waals surface area contributed by atoms with Crippen LogP contribution in [0.5, 0.6) is 0 Å². The number of rotatable bonds is 5. The lowest BCUT2D eigenvalue weighted by atomic mass is 10.2. The summed E-state index contributed by atoms with van der Waals surface area (Å²) in [6.07, 6.45) is 1.73. The minimum absolute atomic E-state index is 0.147. The van der Waals surface area contributed by atoms with Gasteiger partial charge in [-0.3, -0.25) is 4.79 Å². The van der Waals surface area contributed by atoms with Crippen molar-refractivity contribution in [2.24, 2.45) is 0 Å². The fourth-order valence-corrected chi connectivity index (χ4v) is 2.07. The van der Waals surface area contributed by atoms with E-state index in [1.165, 1.54) is 0 Å². The van der Waals surface area contributed by atoms with Crippen LogP contribution >= 0.6 is 15.9 Å². The van der Waals surface area contributed by atoms with E-state index >= 15 is 0 Å². The number of benzene rings is 1. The Morgan fingerprint density at radius 2 is 2.21 bits per heavy atom. The monoisotopic (exact) mass is 321 g/mol. The Kier molecular flexibility index (Phi) is 4.76. The van der Waals surface area contributed by atoms with Gasteiger partial charge in [-0.05, 0) is 46.2 Å². The molecule has 0 aliphatic heterocycles. The fourth-order valence-electron chi connectivity index (χ4n) is 1.73. The third-order valence-electron chi connectivity index (χ3n) is 2.66. The van der Waals surface area contributed by atoms with Crippen molar-refractivity contribution in [1.82, 2.24) is 10.3 Å². The van der Waals surface area contributed by atoms with Crippen molar-refractivity contribution in [3.05, 3.63) is 52.3 Å². The van der Waals surface area contributed by atoms with E-state index in [2.05, 4.69) is 38.5 Å². The third-order valence-corrected chi connectivity index (χ3v) is 3.11. The predicted molar refractivity (Wildman–Crippen MR) is 80.3 cm³/mol. The Balaban J connectivity index is 2.04. The van der Waals surface area contributed by atoms with Gasteiger partial charge in [-0.25, -0.2) is 0 Å². The second kappa shape index (κ2) is 6.54. The maximum atomic E-state index is 12.0. The van der Waals surface area contributed by atoms with Crippen molar-refractivity contribution >= 4 is 27.5 Å². The average molecular weight is 322 g/mol. The minimum atomic E-state index is -0.147. The molecule has 0 aliphatic rings. The second-order valence-corrected chi connectivity index (χ2v) is 5.08. The van der Waals surface area contributed by atoms with Gasteiger partial charge in [0, 0.05) is 22.9 Å². The number of amides is 1. The lowest BCUT2D eigenvalue weighted by molar-refractivity contribution is 0.102. The number of hydrogen-bond acceptors (Lipinski definition) is 2. The van der Waals surface area contributed by atoms with Gasteiger partial charge in [0.05, 0.1) is 0 Å². The molecular weight excluding hydrogens is 306 g/mol. The summed E-state index contributed by atoms with van der Waals surface area (Å²) in [5.74, 6) is -0.147. The molecule has 0 spiro atoms. The molecular formula is C14H16BrN3O. The van der Waals surface area contributed by atoms with Crippen molar-refractivity contribution in [2.45, 2.75) is 13.5 Å². The lowest BCUT2D eigenvalue weighted by Gasteiger charge is -2.07. The lowest BCUT2D eigenvalue weighted by Crippen LogP contribution is -2.14. The molecule has 0 aliphatic carbocycles. The first kappa shape index (κ1) is 13.8. The average Bonchev–Trinajstić information content (AvgIpc) is 2.83. The summed E-state index contributed by atoms with van der Waals surface area (Å²) in [5.41, 5.74) is 2.47. The van der Waals surface area contributed by atoms with E-state index in [-0.39, 0.29) is 5.91 Å². The molecule has 1 aromatic carbocycles. The van der Waals surface area contributed by atoms with Crippen LogP contribution in [0.2, 0.25) is 0 Å². The molecule has 3 N–H and O–H groups in total. The highest BCUT2D eigenvalue weighted by atomic mass is 79.9. The fraction of sp³-hybridized carbons (Fsp3) is 0.214. The Morgan fingerprint density at radius 3 is 2.89 bits per heavy atom. The molecule has 0 bridgehead atoms. The molecule has 0 fully saturated rings. The molecule has 0 atom stereocenters. The minimum Gasteiger partial charge on any atom is -0.356 e. The second-order valence-electron chi connectivity index (χ2n) is 4.17. The van der Waals surface area contributed by atoms with Gasteiger partial charge < -0.3 is 15.6 Å². The number of carbonyl (C=O) groups is 1. The molecule has 5 heteroatoms. The molecule has 100 valence electrons. The quantitative estimate of drug-likeness (QED) is 0.792. The number of nitrogens with one attached hydrogen (secondary N) is 3. The molecule has 1 heterocycles. The molecule has 0 radical (unpaired) electrons. The van der Waals surface area contributed by atoms with Crippen LogP contribution in [0.3, 0.4) is 0 Å². The van der Waals surface area contributed by atoms with Crippen LogP contribution < -0.4 is 10.6 Å². The standard InChI is InChI=1S/C14H16BrN3O/c1-2-16-8-10-4-3-5-12(6-10)18-14(19)13-7-11(15)9-17-13/h3-7,9,16-17H,2,8H2,1H3,(H,18,19). The van der Waals surface area contributed by atoms with Crippen molar-refractivity contribution in [2.75, 3.05) is 11.9 Å². The van der Waals surface area contributed by atoms with Crippen LogP contribution in [0.4, 0.5) is 5.69 Å². The summed E-state index contributed by atoms with van der Waals surface area (Å²) in [5, 5.41) is 6.12. The zero-order chi connectivity index (χ0) is 13.7. The Morgan fingerprint density at radius 1 is 1.37 bits per heavy atom. The summed E-state index contributed by atoms with van der Waals surface area (Å²) in [6.45, 7) is 3.79. The van der Waals surface area contributed by atoms with Crippen molar-refractivity contribution in [3.8, 4) is 0 Å². The van der Waals surface area contributed by atoms with Gasteiger partial charge in [0.25, 0.3) is 5.91 Å². The zero-order valence-electron chi connectivity index (χ0n) is 10.7. The summed E-state index contributed by atoms with van der Waals surface area (Å²) in [6, 6.07) is 9.57. The first-order valence-electron chi connectivity index (χ1n) is 6.14. The van der Waals surface area contributed by atoms with Crippen LogP contribution in [-0.2, 0) is 6.54 Å². The molecule has 2 aromatic rings. The number of H-pyrrole nitrogens is 1. The molecule has 1 amide bonds. The van der Waals surface area contributed by atoms with Gasteiger partial charge in [0.1, 0.15) is 5.69 Å². The van der Waals surface area contributed by atoms with Crippen LogP contribution in [-0.4, -0.2) is 17.4 Å². The third kappa shape index (κ3) is 3.94. The van der Waals surface area contributed by atoms with Gasteiger partial charge in [0.15, 0.2) is 0 Å². The molecule has 4 nitrogen and oxygen atoms in total. The van der Waals surface area contributed by atoms with Crippen molar-refractivity contribution < 1.29 is 4.79 Å². The number of hydrogen-bond donors (Lipinski definition) is 3. The molecule has 2 rings (SSSR count). The normalized spacial score (nSPS) is 10.4. The van der Waals surface area contributed by atoms with E-state index in [0.29, 0.717) is 5.69 Å². The number of carbonyl (C=O) groups excluding carboxylic acids is 1. The highest BCUT2D eigenvalue weighted by Gasteiger charge is 2.08. The first-order chi connectivity index (χ1) is 9.19. The molecule has 1 aromatic heterocycles. The zero-order valence-corrected chi connectivity index (χ0v) is 12.3. The first-order valence-corrected chi connectivity index (χ1v) is 6.93. The highest BCUT2D eigenvalue weighted by Crippen LogP contribution is 2.14. The van der Waals surface area contributed by atoms with E-state index in [0.717, 1.165) is 28.8 Å². The molecule has 0 saturated heterocycles. The van der Waals surface area contributed by atoms with Gasteiger partial charge in [-0.15, -0.1) is 0 Å². The summed E-state index contributed by atoms with van der Waals surface area (Å²) in [4.78, 5) is 14.9. The van der Waals surface area contributed by atoms with Crippen molar-refractivity contribution in [3.63, 3.8) is 0 Å². The van der Waals surface area contributed by atoms with Gasteiger partial charge in [-0.1, -0.05) is 19.1 Å². The summed E-state index contributed by atoms with van der Waals surface area (Å²) >= 11 is 3.31. The van der Waals surface area contributed by atoms with E-state index in [4.69, 9.17) is 0 Å². The molecule has 19 heavy (non-hydrogen) atoms. The molecule has 0 unspecified atom stereocenters. The van der Waals surface area contributed by atoms with E-state index in [1.54, 1.807) is 12.3 Å². The summed E-state index contributed by atoms with van der Waals surface area (Å²) in [7, 11) is 0. The van der Waals surface area contributed by atoms with Crippen LogP contribution in [0, 0.1) is 0 Å². The number of aromatic nitrogens is 1. The van der Waals surface area contributed by atoms with Crippen molar-refractivity contribution in [1.29, 1.82) is 0 Å². The smallest absolute Gasteiger partial charge is 0.272 e. The van der Waals surface area contributed by atoms with Crippen LogP contribution in [0.25, 0.3) is 0 Å². The Hall–Kier alpha value is -1.59. The maximum Gasteiger partial charge on any atom is 0.272 e. The van der Waals surface area contributed by atoms with E-state index in [1.807, 2.05) is 24.3 Å². The SMILES string of the molecule is CCNCc1cccc(NC(=O)c2cc(Br)c[nH]2)c1. The van der Waals surface area contributed by atoms with Gasteiger partial charge in [-0.2, -0.15) is 0 Å². The summed E-state index contributed by atoms with van der Waals surface area (Å²) < 4.78 is 0.860. The Bertz CT molecular complexity index is 565. The Labute approximate surface area is 120 Å². The number of halogens is 1. The van der Waals surface area contributed by atoms with Crippen LogP contribution in [0.1, 0.15) is 23.0 Å².